The first-order chi connectivity index (χ1) is 8.63. The second-order valence-corrected chi connectivity index (χ2v) is 5.26. The van der Waals surface area contributed by atoms with Gasteiger partial charge in [-0.2, -0.15) is 0 Å². The largest absolute Gasteiger partial charge is 0.326 e. The van der Waals surface area contributed by atoms with Crippen LogP contribution in [0.15, 0.2) is 39.9 Å². The molecule has 0 atom stereocenters. The fourth-order valence-electron chi connectivity index (χ4n) is 1.71. The van der Waals surface area contributed by atoms with Crippen LogP contribution in [0.3, 0.4) is 0 Å². The van der Waals surface area contributed by atoms with Gasteiger partial charge < -0.3 is 0 Å². The summed E-state index contributed by atoms with van der Waals surface area (Å²) in [6, 6.07) is 9.08. The third-order valence-corrected chi connectivity index (χ3v) is 3.91. The molecule has 0 bridgehead atoms. The van der Waals surface area contributed by atoms with E-state index in [1.165, 1.54) is 11.3 Å². The molecule has 2 aromatic heterocycles. The highest BCUT2D eigenvalue weighted by atomic mass is 35.5. The van der Waals surface area contributed by atoms with Crippen molar-refractivity contribution in [1.82, 2.24) is 9.97 Å². The maximum Gasteiger partial charge on any atom is 0.326 e. The second kappa shape index (κ2) is 4.12. The fourth-order valence-corrected chi connectivity index (χ4v) is 2.90. The summed E-state index contributed by atoms with van der Waals surface area (Å²) in [6.07, 6.45) is 0. The highest BCUT2D eigenvalue weighted by Gasteiger charge is 2.08. The molecule has 4 nitrogen and oxygen atoms in total. The molecule has 0 unspecified atom stereocenters. The number of benzene rings is 1. The number of aromatic nitrogens is 2. The summed E-state index contributed by atoms with van der Waals surface area (Å²) in [5.74, 6) is 0. The van der Waals surface area contributed by atoms with Gasteiger partial charge in [-0.1, -0.05) is 23.7 Å². The number of H-pyrrole nitrogens is 2. The minimum Gasteiger partial charge on any atom is -0.298 e. The lowest BCUT2D eigenvalue weighted by Crippen LogP contribution is -2.20. The van der Waals surface area contributed by atoms with Crippen molar-refractivity contribution in [2.45, 2.75) is 0 Å². The maximum absolute atomic E-state index is 11.6. The van der Waals surface area contributed by atoms with Crippen molar-refractivity contribution < 1.29 is 0 Å². The molecular weight excluding hydrogens is 272 g/mol. The Balaban J connectivity index is 2.25. The zero-order chi connectivity index (χ0) is 12.7. The molecular formula is C12H7ClN2O2S. The highest BCUT2D eigenvalue weighted by molar-refractivity contribution is 7.21. The molecule has 3 rings (SSSR count). The first-order valence-electron chi connectivity index (χ1n) is 5.15. The normalized spacial score (nSPS) is 10.9. The Bertz CT molecular complexity index is 830. The van der Waals surface area contributed by atoms with Crippen molar-refractivity contribution in [3.63, 3.8) is 0 Å². The van der Waals surface area contributed by atoms with Gasteiger partial charge in [0, 0.05) is 9.90 Å². The molecule has 18 heavy (non-hydrogen) atoms. The van der Waals surface area contributed by atoms with Gasteiger partial charge in [0.25, 0.3) is 5.56 Å². The van der Waals surface area contributed by atoms with Crippen LogP contribution >= 0.6 is 22.9 Å². The van der Waals surface area contributed by atoms with E-state index in [0.29, 0.717) is 15.2 Å². The van der Waals surface area contributed by atoms with Crippen molar-refractivity contribution in [1.29, 1.82) is 0 Å². The molecule has 0 radical (unpaired) electrons. The van der Waals surface area contributed by atoms with Crippen LogP contribution in [0.1, 0.15) is 0 Å². The average Bonchev–Trinajstić information content (AvgIpc) is 2.74. The minimum atomic E-state index is -0.489. The van der Waals surface area contributed by atoms with Crippen LogP contribution in [0, 0.1) is 0 Å². The Morgan fingerprint density at radius 1 is 1.06 bits per heavy atom. The van der Waals surface area contributed by atoms with Crippen LogP contribution in [-0.2, 0) is 0 Å². The van der Waals surface area contributed by atoms with E-state index in [4.69, 9.17) is 11.6 Å². The van der Waals surface area contributed by atoms with E-state index in [1.807, 2.05) is 12.1 Å². The number of rotatable bonds is 1. The van der Waals surface area contributed by atoms with Gasteiger partial charge >= 0.3 is 5.69 Å². The topological polar surface area (TPSA) is 65.7 Å². The Labute approximate surface area is 110 Å². The molecule has 6 heteroatoms. The quantitative estimate of drug-likeness (QED) is 0.718. The summed E-state index contributed by atoms with van der Waals surface area (Å²) >= 11 is 7.19. The Morgan fingerprint density at radius 2 is 1.78 bits per heavy atom. The number of thiophene rings is 1. The van der Waals surface area contributed by atoms with Crippen molar-refractivity contribution >= 4 is 33.2 Å². The first-order valence-corrected chi connectivity index (χ1v) is 6.35. The summed E-state index contributed by atoms with van der Waals surface area (Å²) < 4.78 is 0. The van der Waals surface area contributed by atoms with E-state index in [2.05, 4.69) is 9.97 Å². The van der Waals surface area contributed by atoms with E-state index in [9.17, 15) is 9.59 Å². The number of halogens is 1. The summed E-state index contributed by atoms with van der Waals surface area (Å²) in [5, 5.41) is 1.15. The molecule has 0 aliphatic carbocycles. The fraction of sp³-hybridized carbons (Fsp3) is 0. The Hall–Kier alpha value is -1.85. The number of hydrogen-bond donors (Lipinski definition) is 2. The molecule has 0 saturated heterocycles. The van der Waals surface area contributed by atoms with Crippen molar-refractivity contribution in [2.75, 3.05) is 0 Å². The second-order valence-electron chi connectivity index (χ2n) is 3.77. The van der Waals surface area contributed by atoms with E-state index in [-0.39, 0.29) is 5.56 Å². The number of hydrogen-bond acceptors (Lipinski definition) is 3. The van der Waals surface area contributed by atoms with Crippen molar-refractivity contribution in [2.24, 2.45) is 0 Å². The third kappa shape index (κ3) is 1.87. The van der Waals surface area contributed by atoms with Crippen LogP contribution in [0.2, 0.25) is 5.02 Å². The Kier molecular flexibility index (Phi) is 2.57. The zero-order valence-corrected chi connectivity index (χ0v) is 10.6. The van der Waals surface area contributed by atoms with Crippen molar-refractivity contribution in [3.8, 4) is 10.4 Å². The predicted molar refractivity (Wildman–Crippen MR) is 73.5 cm³/mol. The van der Waals surface area contributed by atoms with Crippen LogP contribution in [0.25, 0.3) is 20.7 Å². The summed E-state index contributed by atoms with van der Waals surface area (Å²) in [5.41, 5.74) is 0.100. The minimum absolute atomic E-state index is 0.370. The first kappa shape index (κ1) is 11.3. The maximum atomic E-state index is 11.6. The highest BCUT2D eigenvalue weighted by Crippen LogP contribution is 2.30. The molecule has 1 aromatic carbocycles. The lowest BCUT2D eigenvalue weighted by Gasteiger charge is -1.95. The number of fused-ring (bicyclic) bond motifs is 1. The van der Waals surface area contributed by atoms with E-state index in [0.717, 1.165) is 10.4 Å². The van der Waals surface area contributed by atoms with Gasteiger partial charge in [0.1, 0.15) is 4.83 Å². The molecule has 0 fully saturated rings. The van der Waals surface area contributed by atoms with Crippen LogP contribution in [-0.4, -0.2) is 9.97 Å². The van der Waals surface area contributed by atoms with Crippen molar-refractivity contribution in [3.05, 3.63) is 56.2 Å². The molecule has 90 valence electrons. The van der Waals surface area contributed by atoms with Gasteiger partial charge in [0.15, 0.2) is 0 Å². The lowest BCUT2D eigenvalue weighted by molar-refractivity contribution is 1.09. The molecule has 0 aliphatic heterocycles. The van der Waals surface area contributed by atoms with Gasteiger partial charge in [0.2, 0.25) is 0 Å². The molecule has 0 aliphatic rings. The molecule has 3 aromatic rings. The van der Waals surface area contributed by atoms with Gasteiger partial charge in [-0.05, 0) is 23.8 Å². The monoisotopic (exact) mass is 278 g/mol. The van der Waals surface area contributed by atoms with Crippen LogP contribution < -0.4 is 11.2 Å². The summed E-state index contributed by atoms with van der Waals surface area (Å²) in [7, 11) is 0. The van der Waals surface area contributed by atoms with Gasteiger partial charge in [-0.15, -0.1) is 11.3 Å². The molecule has 0 spiro atoms. The van der Waals surface area contributed by atoms with Crippen LogP contribution in [0.4, 0.5) is 0 Å². The number of aromatic amines is 2. The van der Waals surface area contributed by atoms with Gasteiger partial charge in [-0.3, -0.25) is 14.8 Å². The summed E-state index contributed by atoms with van der Waals surface area (Å²) in [4.78, 5) is 29.1. The van der Waals surface area contributed by atoms with Crippen LogP contribution in [0.5, 0.6) is 0 Å². The smallest absolute Gasteiger partial charge is 0.298 e. The standard InChI is InChI=1S/C12H7ClN2O2S/c13-7-3-1-6(2-4-7)9-5-8-10(16)14-12(17)15-11(8)18-9/h1-5H,(H2,14,15,16,17). The zero-order valence-electron chi connectivity index (χ0n) is 8.99. The Morgan fingerprint density at radius 3 is 2.50 bits per heavy atom. The predicted octanol–water partition coefficient (Wildman–Crippen LogP) is 2.60. The van der Waals surface area contributed by atoms with Gasteiger partial charge in [-0.25, -0.2) is 4.79 Å². The molecule has 2 N–H and O–H groups in total. The third-order valence-electron chi connectivity index (χ3n) is 2.56. The van der Waals surface area contributed by atoms with E-state index >= 15 is 0 Å². The molecule has 0 amide bonds. The van der Waals surface area contributed by atoms with E-state index in [1.54, 1.807) is 18.2 Å². The SMILES string of the molecule is O=c1[nH]c(=O)c2cc(-c3ccc(Cl)cc3)sc2[nH]1. The molecule has 0 saturated carbocycles. The summed E-state index contributed by atoms with van der Waals surface area (Å²) in [6.45, 7) is 0. The molecule has 2 heterocycles. The average molecular weight is 279 g/mol. The van der Waals surface area contributed by atoms with E-state index < -0.39 is 5.69 Å². The van der Waals surface area contributed by atoms with Gasteiger partial charge in [0.05, 0.1) is 5.39 Å². The number of nitrogens with one attached hydrogen (secondary N) is 2. The lowest BCUT2D eigenvalue weighted by atomic mass is 10.2.